The van der Waals surface area contributed by atoms with Crippen LogP contribution in [-0.2, 0) is 0 Å². The van der Waals surface area contributed by atoms with Crippen LogP contribution >= 0.6 is 39.1 Å². The number of hydrogen-bond acceptors (Lipinski definition) is 4. The molecule has 0 saturated carbocycles. The molecule has 0 radical (unpaired) electrons. The highest BCUT2D eigenvalue weighted by atomic mass is 79.9. The molecule has 0 aliphatic heterocycles. The normalized spacial score (nSPS) is 10.3. The molecular formula is C16H14BrCl2N3O4. The van der Waals surface area contributed by atoms with E-state index < -0.39 is 11.0 Å². The number of nitrogens with one attached hydrogen (secondary N) is 2. The molecule has 2 aromatic carbocycles. The van der Waals surface area contributed by atoms with Crippen LogP contribution < -0.4 is 15.4 Å². The second-order valence-corrected chi connectivity index (χ2v) is 6.81. The number of urea groups is 1. The van der Waals surface area contributed by atoms with E-state index in [4.69, 9.17) is 27.9 Å². The van der Waals surface area contributed by atoms with Crippen molar-refractivity contribution in [2.75, 3.05) is 18.5 Å². The Labute approximate surface area is 167 Å². The minimum absolute atomic E-state index is 0.163. The molecule has 0 atom stereocenters. The summed E-state index contributed by atoms with van der Waals surface area (Å²) in [4.78, 5) is 22.0. The number of carbonyl (C=O) groups excluding carboxylic acids is 1. The van der Waals surface area contributed by atoms with Gasteiger partial charge in [0, 0.05) is 23.2 Å². The van der Waals surface area contributed by atoms with Crippen LogP contribution in [-0.4, -0.2) is 24.1 Å². The molecule has 0 unspecified atom stereocenters. The number of carbonyl (C=O) groups is 1. The fourth-order valence-electron chi connectivity index (χ4n) is 1.94. The minimum atomic E-state index is -0.565. The number of amides is 2. The van der Waals surface area contributed by atoms with Gasteiger partial charge in [0.25, 0.3) is 5.69 Å². The van der Waals surface area contributed by atoms with Crippen molar-refractivity contribution in [1.29, 1.82) is 0 Å². The van der Waals surface area contributed by atoms with Crippen molar-refractivity contribution in [2.24, 2.45) is 0 Å². The Morgan fingerprint density at radius 1 is 1.19 bits per heavy atom. The molecule has 10 heteroatoms. The molecular weight excluding hydrogens is 449 g/mol. The van der Waals surface area contributed by atoms with E-state index in [1.807, 2.05) is 6.07 Å². The zero-order valence-corrected chi connectivity index (χ0v) is 16.4. The van der Waals surface area contributed by atoms with Gasteiger partial charge in [-0.05, 0) is 30.7 Å². The topological polar surface area (TPSA) is 93.5 Å². The molecule has 2 aromatic rings. The van der Waals surface area contributed by atoms with Gasteiger partial charge in [-0.1, -0.05) is 39.1 Å². The maximum Gasteiger partial charge on any atom is 0.319 e. The number of anilines is 1. The second kappa shape index (κ2) is 9.61. The van der Waals surface area contributed by atoms with E-state index in [-0.39, 0.29) is 16.4 Å². The minimum Gasteiger partial charge on any atom is -0.492 e. The van der Waals surface area contributed by atoms with E-state index in [1.165, 1.54) is 18.2 Å². The lowest BCUT2D eigenvalue weighted by molar-refractivity contribution is -0.384. The van der Waals surface area contributed by atoms with Crippen LogP contribution in [0, 0.1) is 10.1 Å². The van der Waals surface area contributed by atoms with Gasteiger partial charge in [-0.15, -0.1) is 0 Å². The third-order valence-electron chi connectivity index (χ3n) is 3.17. The third kappa shape index (κ3) is 6.05. The predicted octanol–water partition coefficient (Wildman–Crippen LogP) is 5.25. The molecule has 0 aromatic heterocycles. The van der Waals surface area contributed by atoms with Crippen LogP contribution in [0.15, 0.2) is 40.9 Å². The van der Waals surface area contributed by atoms with Crippen molar-refractivity contribution < 1.29 is 14.5 Å². The molecule has 0 fully saturated rings. The standard InChI is InChI=1S/C16H14BrCl2N3O4/c17-10-2-5-15(13(19)8-10)26-7-1-6-20-16(23)21-14-9-11(22(24)25)3-4-12(14)18/h2-5,8-9H,1,6-7H2,(H2,20,21,23). The van der Waals surface area contributed by atoms with E-state index in [0.29, 0.717) is 30.3 Å². The number of nitrogens with zero attached hydrogens (tertiary/aromatic N) is 1. The highest BCUT2D eigenvalue weighted by molar-refractivity contribution is 9.10. The van der Waals surface area contributed by atoms with Crippen molar-refractivity contribution in [3.63, 3.8) is 0 Å². The molecule has 138 valence electrons. The summed E-state index contributed by atoms with van der Waals surface area (Å²) < 4.78 is 6.39. The summed E-state index contributed by atoms with van der Waals surface area (Å²) >= 11 is 15.3. The van der Waals surface area contributed by atoms with Crippen molar-refractivity contribution in [3.8, 4) is 5.75 Å². The quantitative estimate of drug-likeness (QED) is 0.333. The lowest BCUT2D eigenvalue weighted by atomic mass is 10.3. The first kappa shape index (κ1) is 20.3. The Bertz CT molecular complexity index is 820. The Hall–Kier alpha value is -2.03. The van der Waals surface area contributed by atoms with E-state index in [1.54, 1.807) is 12.1 Å². The van der Waals surface area contributed by atoms with Gasteiger partial charge in [0.2, 0.25) is 0 Å². The summed E-state index contributed by atoms with van der Waals surface area (Å²) in [6.45, 7) is 0.700. The van der Waals surface area contributed by atoms with Crippen LogP contribution in [0.4, 0.5) is 16.2 Å². The highest BCUT2D eigenvalue weighted by Gasteiger charge is 2.11. The van der Waals surface area contributed by atoms with Gasteiger partial charge in [-0.2, -0.15) is 0 Å². The second-order valence-electron chi connectivity index (χ2n) is 5.08. The van der Waals surface area contributed by atoms with Crippen molar-refractivity contribution >= 4 is 56.5 Å². The molecule has 2 rings (SSSR count). The first-order valence-electron chi connectivity index (χ1n) is 7.43. The summed E-state index contributed by atoms with van der Waals surface area (Å²) in [6, 6.07) is 8.58. The highest BCUT2D eigenvalue weighted by Crippen LogP contribution is 2.28. The first-order valence-corrected chi connectivity index (χ1v) is 8.98. The van der Waals surface area contributed by atoms with Crippen molar-refractivity contribution in [1.82, 2.24) is 5.32 Å². The number of non-ortho nitro benzene ring substituents is 1. The fourth-order valence-corrected chi connectivity index (χ4v) is 2.83. The molecule has 0 spiro atoms. The van der Waals surface area contributed by atoms with Crippen LogP contribution in [0.3, 0.4) is 0 Å². The number of ether oxygens (including phenoxy) is 1. The fraction of sp³-hybridized carbons (Fsp3) is 0.188. The molecule has 2 amide bonds. The number of nitro benzene ring substituents is 1. The van der Waals surface area contributed by atoms with Crippen LogP contribution in [0.1, 0.15) is 6.42 Å². The summed E-state index contributed by atoms with van der Waals surface area (Å²) in [5, 5.41) is 16.6. The Morgan fingerprint density at radius 2 is 1.96 bits per heavy atom. The average molecular weight is 463 g/mol. The SMILES string of the molecule is O=C(NCCCOc1ccc(Br)cc1Cl)Nc1cc([N+](=O)[O-])ccc1Cl. The smallest absolute Gasteiger partial charge is 0.319 e. The zero-order chi connectivity index (χ0) is 19.1. The Morgan fingerprint density at radius 3 is 2.65 bits per heavy atom. The molecule has 0 saturated heterocycles. The lowest BCUT2D eigenvalue weighted by Crippen LogP contribution is -2.30. The van der Waals surface area contributed by atoms with Crippen molar-refractivity contribution in [2.45, 2.75) is 6.42 Å². The van der Waals surface area contributed by atoms with Gasteiger partial charge in [0.15, 0.2) is 0 Å². The average Bonchev–Trinajstić information content (AvgIpc) is 2.58. The summed E-state index contributed by atoms with van der Waals surface area (Å²) in [5.41, 5.74) is 0.000683. The maximum absolute atomic E-state index is 11.9. The molecule has 0 heterocycles. The monoisotopic (exact) mass is 461 g/mol. The summed E-state index contributed by atoms with van der Waals surface area (Å²) in [5.74, 6) is 0.558. The van der Waals surface area contributed by atoms with Gasteiger partial charge in [0.05, 0.1) is 27.3 Å². The molecule has 0 aliphatic carbocycles. The van der Waals surface area contributed by atoms with Gasteiger partial charge in [0.1, 0.15) is 5.75 Å². The number of hydrogen-bond donors (Lipinski definition) is 2. The van der Waals surface area contributed by atoms with E-state index >= 15 is 0 Å². The first-order chi connectivity index (χ1) is 12.4. The lowest BCUT2D eigenvalue weighted by Gasteiger charge is -2.10. The molecule has 2 N–H and O–H groups in total. The largest absolute Gasteiger partial charge is 0.492 e. The van der Waals surface area contributed by atoms with Crippen LogP contribution in [0.5, 0.6) is 5.75 Å². The van der Waals surface area contributed by atoms with E-state index in [2.05, 4.69) is 26.6 Å². The Kier molecular flexibility index (Phi) is 7.50. The van der Waals surface area contributed by atoms with Gasteiger partial charge < -0.3 is 15.4 Å². The third-order valence-corrected chi connectivity index (χ3v) is 4.29. The number of rotatable bonds is 7. The van der Waals surface area contributed by atoms with E-state index in [0.717, 1.165) is 4.47 Å². The Balaban J connectivity index is 1.75. The zero-order valence-electron chi connectivity index (χ0n) is 13.3. The molecule has 26 heavy (non-hydrogen) atoms. The van der Waals surface area contributed by atoms with Crippen LogP contribution in [0.25, 0.3) is 0 Å². The van der Waals surface area contributed by atoms with Gasteiger partial charge >= 0.3 is 6.03 Å². The van der Waals surface area contributed by atoms with Gasteiger partial charge in [-0.3, -0.25) is 10.1 Å². The molecule has 7 nitrogen and oxygen atoms in total. The number of halogens is 3. The predicted molar refractivity (Wildman–Crippen MR) is 104 cm³/mol. The molecule has 0 bridgehead atoms. The number of nitro groups is 1. The summed E-state index contributed by atoms with van der Waals surface area (Å²) in [7, 11) is 0. The summed E-state index contributed by atoms with van der Waals surface area (Å²) in [6.07, 6.45) is 0.544. The van der Waals surface area contributed by atoms with Crippen LogP contribution in [0.2, 0.25) is 10.0 Å². The van der Waals surface area contributed by atoms with Crippen molar-refractivity contribution in [3.05, 3.63) is 61.0 Å². The van der Waals surface area contributed by atoms with E-state index in [9.17, 15) is 14.9 Å². The molecule has 0 aliphatic rings. The number of benzene rings is 2. The van der Waals surface area contributed by atoms with Gasteiger partial charge in [-0.25, -0.2) is 4.79 Å². The maximum atomic E-state index is 11.9.